The van der Waals surface area contributed by atoms with E-state index in [1.807, 2.05) is 29.2 Å². The first-order chi connectivity index (χ1) is 11.3. The first kappa shape index (κ1) is 14.1. The molecule has 5 heteroatoms. The Kier molecular flexibility index (Phi) is 3.61. The highest BCUT2D eigenvalue weighted by atomic mass is 16.6. The van der Waals surface area contributed by atoms with Gasteiger partial charge in [0.15, 0.2) is 11.5 Å². The maximum absolute atomic E-state index is 12.9. The van der Waals surface area contributed by atoms with Crippen LogP contribution in [-0.2, 0) is 6.54 Å². The second-order valence-corrected chi connectivity index (χ2v) is 5.88. The fraction of sp³-hybridized carbons (Fsp3) is 0.333. The standard InChI is InChI=1S/C18H18N2O3/c21-18(14-1-4-16-17(11-14)23-10-9-22-16)20(15-2-3-15)12-13-5-7-19-8-6-13/h1,4-8,11,15H,2-3,9-10,12H2. The zero-order valence-electron chi connectivity index (χ0n) is 12.8. The van der Waals surface area contributed by atoms with E-state index in [2.05, 4.69) is 4.98 Å². The van der Waals surface area contributed by atoms with Gasteiger partial charge in [-0.3, -0.25) is 9.78 Å². The van der Waals surface area contributed by atoms with Gasteiger partial charge in [-0.15, -0.1) is 0 Å². The number of amides is 1. The molecule has 1 saturated carbocycles. The summed E-state index contributed by atoms with van der Waals surface area (Å²) in [5.74, 6) is 1.41. The molecule has 0 N–H and O–H groups in total. The average molecular weight is 310 g/mol. The number of nitrogens with zero attached hydrogens (tertiary/aromatic N) is 2. The van der Waals surface area contributed by atoms with Crippen molar-refractivity contribution in [2.75, 3.05) is 13.2 Å². The first-order valence-electron chi connectivity index (χ1n) is 7.91. The van der Waals surface area contributed by atoms with E-state index in [0.29, 0.717) is 42.9 Å². The maximum atomic E-state index is 12.9. The van der Waals surface area contributed by atoms with E-state index in [0.717, 1.165) is 18.4 Å². The van der Waals surface area contributed by atoms with Crippen LogP contribution in [0, 0.1) is 0 Å². The second kappa shape index (κ2) is 5.91. The summed E-state index contributed by atoms with van der Waals surface area (Å²) in [5.41, 5.74) is 1.74. The van der Waals surface area contributed by atoms with Crippen molar-refractivity contribution < 1.29 is 14.3 Å². The van der Waals surface area contributed by atoms with Crippen LogP contribution in [-0.4, -0.2) is 35.0 Å². The Morgan fingerprint density at radius 2 is 1.83 bits per heavy atom. The third-order valence-corrected chi connectivity index (χ3v) is 4.14. The second-order valence-electron chi connectivity index (χ2n) is 5.88. The molecule has 0 spiro atoms. The Morgan fingerprint density at radius 3 is 2.57 bits per heavy atom. The molecule has 1 aromatic heterocycles. The highest BCUT2D eigenvalue weighted by Gasteiger charge is 2.33. The van der Waals surface area contributed by atoms with Crippen LogP contribution in [0.5, 0.6) is 11.5 Å². The molecule has 1 fully saturated rings. The normalized spacial score (nSPS) is 16.0. The molecule has 2 aromatic rings. The molecule has 2 heterocycles. The molecule has 1 aliphatic heterocycles. The van der Waals surface area contributed by atoms with Gasteiger partial charge in [-0.2, -0.15) is 0 Å². The number of benzene rings is 1. The minimum Gasteiger partial charge on any atom is -0.486 e. The quantitative estimate of drug-likeness (QED) is 0.871. The van der Waals surface area contributed by atoms with Crippen LogP contribution in [0.25, 0.3) is 0 Å². The molecule has 1 aromatic carbocycles. The zero-order chi connectivity index (χ0) is 15.6. The van der Waals surface area contributed by atoms with Crippen molar-refractivity contribution in [1.82, 2.24) is 9.88 Å². The molecule has 4 rings (SSSR count). The molecule has 0 atom stereocenters. The number of pyridine rings is 1. The van der Waals surface area contributed by atoms with Crippen LogP contribution in [0.15, 0.2) is 42.7 Å². The average Bonchev–Trinajstić information content (AvgIpc) is 3.44. The Labute approximate surface area is 134 Å². The Hall–Kier alpha value is -2.56. The van der Waals surface area contributed by atoms with Crippen LogP contribution in [0.2, 0.25) is 0 Å². The summed E-state index contributed by atoms with van der Waals surface area (Å²) >= 11 is 0. The molecule has 0 saturated heterocycles. The molecule has 1 aliphatic carbocycles. The van der Waals surface area contributed by atoms with Gasteiger partial charge in [0.2, 0.25) is 0 Å². The summed E-state index contributed by atoms with van der Waals surface area (Å²) in [6.45, 7) is 1.69. The topological polar surface area (TPSA) is 51.7 Å². The maximum Gasteiger partial charge on any atom is 0.254 e. The fourth-order valence-corrected chi connectivity index (χ4v) is 2.78. The summed E-state index contributed by atoms with van der Waals surface area (Å²) in [6.07, 6.45) is 5.66. The number of hydrogen-bond acceptors (Lipinski definition) is 4. The zero-order valence-corrected chi connectivity index (χ0v) is 12.8. The molecule has 23 heavy (non-hydrogen) atoms. The summed E-state index contributed by atoms with van der Waals surface area (Å²) < 4.78 is 11.1. The number of hydrogen-bond donors (Lipinski definition) is 0. The number of carbonyl (C=O) groups is 1. The van der Waals surface area contributed by atoms with Gasteiger partial charge in [-0.1, -0.05) is 0 Å². The first-order valence-corrected chi connectivity index (χ1v) is 7.91. The molecule has 1 amide bonds. The molecule has 0 radical (unpaired) electrons. The Balaban J connectivity index is 1.58. The van der Waals surface area contributed by atoms with Crippen molar-refractivity contribution in [2.45, 2.75) is 25.4 Å². The highest BCUT2D eigenvalue weighted by molar-refractivity contribution is 5.95. The third-order valence-electron chi connectivity index (χ3n) is 4.14. The van der Waals surface area contributed by atoms with E-state index < -0.39 is 0 Å². The van der Waals surface area contributed by atoms with Gasteiger partial charge < -0.3 is 14.4 Å². The summed E-state index contributed by atoms with van der Waals surface area (Å²) in [5, 5.41) is 0. The van der Waals surface area contributed by atoms with E-state index in [-0.39, 0.29) is 5.91 Å². The lowest BCUT2D eigenvalue weighted by Gasteiger charge is -2.24. The predicted octanol–water partition coefficient (Wildman–Crippen LogP) is 2.66. The lowest BCUT2D eigenvalue weighted by molar-refractivity contribution is 0.0728. The summed E-state index contributed by atoms with van der Waals surface area (Å²) in [6, 6.07) is 9.67. The molecule has 2 aliphatic rings. The largest absolute Gasteiger partial charge is 0.486 e. The lowest BCUT2D eigenvalue weighted by atomic mass is 10.1. The minimum absolute atomic E-state index is 0.0429. The van der Waals surface area contributed by atoms with Gasteiger partial charge in [0.05, 0.1) is 0 Å². The van der Waals surface area contributed by atoms with Crippen molar-refractivity contribution >= 4 is 5.91 Å². The number of rotatable bonds is 4. The number of aromatic nitrogens is 1. The summed E-state index contributed by atoms with van der Waals surface area (Å²) in [7, 11) is 0. The third kappa shape index (κ3) is 2.99. The molecular weight excluding hydrogens is 292 g/mol. The predicted molar refractivity (Wildman–Crippen MR) is 84.6 cm³/mol. The van der Waals surface area contributed by atoms with Crippen molar-refractivity contribution in [3.8, 4) is 11.5 Å². The Morgan fingerprint density at radius 1 is 1.09 bits per heavy atom. The van der Waals surface area contributed by atoms with Crippen LogP contribution < -0.4 is 9.47 Å². The Bertz CT molecular complexity index is 713. The van der Waals surface area contributed by atoms with Crippen molar-refractivity contribution in [1.29, 1.82) is 0 Å². The van der Waals surface area contributed by atoms with Crippen molar-refractivity contribution in [2.24, 2.45) is 0 Å². The van der Waals surface area contributed by atoms with Gasteiger partial charge in [0.25, 0.3) is 5.91 Å². The smallest absolute Gasteiger partial charge is 0.254 e. The van der Waals surface area contributed by atoms with Crippen LogP contribution in [0.4, 0.5) is 0 Å². The highest BCUT2D eigenvalue weighted by Crippen LogP contribution is 2.34. The molecule has 0 bridgehead atoms. The molecule has 5 nitrogen and oxygen atoms in total. The van der Waals surface area contributed by atoms with Crippen LogP contribution in [0.3, 0.4) is 0 Å². The summed E-state index contributed by atoms with van der Waals surface area (Å²) in [4.78, 5) is 18.9. The van der Waals surface area contributed by atoms with Gasteiger partial charge in [0, 0.05) is 30.5 Å². The van der Waals surface area contributed by atoms with Gasteiger partial charge >= 0.3 is 0 Å². The minimum atomic E-state index is 0.0429. The lowest BCUT2D eigenvalue weighted by Crippen LogP contribution is -2.32. The fourth-order valence-electron chi connectivity index (χ4n) is 2.78. The SMILES string of the molecule is O=C(c1ccc2c(c1)OCCO2)N(Cc1ccncc1)C1CC1. The molecule has 118 valence electrons. The van der Waals surface area contributed by atoms with Gasteiger partial charge in [-0.05, 0) is 48.7 Å². The van der Waals surface area contributed by atoms with Crippen LogP contribution >= 0.6 is 0 Å². The van der Waals surface area contributed by atoms with Gasteiger partial charge in [-0.25, -0.2) is 0 Å². The van der Waals surface area contributed by atoms with Crippen molar-refractivity contribution in [3.05, 3.63) is 53.9 Å². The van der Waals surface area contributed by atoms with E-state index in [1.165, 1.54) is 0 Å². The van der Waals surface area contributed by atoms with E-state index >= 15 is 0 Å². The molecular formula is C18H18N2O3. The number of fused-ring (bicyclic) bond motifs is 1. The number of carbonyl (C=O) groups excluding carboxylic acids is 1. The number of ether oxygens (including phenoxy) is 2. The van der Waals surface area contributed by atoms with E-state index in [9.17, 15) is 4.79 Å². The van der Waals surface area contributed by atoms with Crippen molar-refractivity contribution in [3.63, 3.8) is 0 Å². The molecule has 0 unspecified atom stereocenters. The van der Waals surface area contributed by atoms with Crippen LogP contribution in [0.1, 0.15) is 28.8 Å². The monoisotopic (exact) mass is 310 g/mol. The van der Waals surface area contributed by atoms with E-state index in [1.54, 1.807) is 18.5 Å². The van der Waals surface area contributed by atoms with E-state index in [4.69, 9.17) is 9.47 Å². The van der Waals surface area contributed by atoms with Gasteiger partial charge in [0.1, 0.15) is 13.2 Å².